The second-order valence-electron chi connectivity index (χ2n) is 3.75. The monoisotopic (exact) mass is 180 g/mol. The van der Waals surface area contributed by atoms with E-state index >= 15 is 0 Å². The standard InChI is InChI=1S/C9H16N4/c1-8(10)6-12-4-5-13-3-2-11-9(13)7-12/h2-3,8H,4-7,10H2,1H3/t8-/m0/s1. The van der Waals surface area contributed by atoms with Crippen molar-refractivity contribution in [1.82, 2.24) is 14.5 Å². The second-order valence-corrected chi connectivity index (χ2v) is 3.75. The van der Waals surface area contributed by atoms with Crippen LogP contribution in [0.5, 0.6) is 0 Å². The van der Waals surface area contributed by atoms with Crippen LogP contribution in [0.4, 0.5) is 0 Å². The van der Waals surface area contributed by atoms with Crippen LogP contribution < -0.4 is 5.73 Å². The number of hydrogen-bond acceptors (Lipinski definition) is 3. The van der Waals surface area contributed by atoms with E-state index in [1.165, 1.54) is 0 Å². The molecule has 0 aliphatic carbocycles. The number of hydrogen-bond donors (Lipinski definition) is 1. The van der Waals surface area contributed by atoms with Gasteiger partial charge in [0.1, 0.15) is 5.82 Å². The molecule has 1 aromatic heterocycles. The molecule has 4 nitrogen and oxygen atoms in total. The zero-order chi connectivity index (χ0) is 9.26. The second kappa shape index (κ2) is 3.47. The lowest BCUT2D eigenvalue weighted by Crippen LogP contribution is -2.40. The highest BCUT2D eigenvalue weighted by atomic mass is 15.2. The van der Waals surface area contributed by atoms with Gasteiger partial charge in [0, 0.05) is 38.1 Å². The van der Waals surface area contributed by atoms with Crippen LogP contribution in [0.25, 0.3) is 0 Å². The molecule has 0 fully saturated rings. The summed E-state index contributed by atoms with van der Waals surface area (Å²) in [6, 6.07) is 0.251. The van der Waals surface area contributed by atoms with Crippen LogP contribution in [0.3, 0.4) is 0 Å². The average molecular weight is 180 g/mol. The molecule has 0 saturated carbocycles. The molecule has 13 heavy (non-hydrogen) atoms. The Balaban J connectivity index is 2.00. The molecule has 1 aliphatic rings. The van der Waals surface area contributed by atoms with Gasteiger partial charge in [-0.1, -0.05) is 0 Å². The summed E-state index contributed by atoms with van der Waals surface area (Å²) in [6.07, 6.45) is 3.91. The normalized spacial score (nSPS) is 19.8. The molecular weight excluding hydrogens is 164 g/mol. The summed E-state index contributed by atoms with van der Waals surface area (Å²) in [6.45, 7) is 6.08. The van der Waals surface area contributed by atoms with Gasteiger partial charge in [0.15, 0.2) is 0 Å². The Morgan fingerprint density at radius 2 is 2.46 bits per heavy atom. The van der Waals surface area contributed by atoms with Crippen molar-refractivity contribution in [3.05, 3.63) is 18.2 Å². The van der Waals surface area contributed by atoms with Crippen molar-refractivity contribution in [2.45, 2.75) is 26.1 Å². The Morgan fingerprint density at radius 1 is 1.62 bits per heavy atom. The fourth-order valence-electron chi connectivity index (χ4n) is 1.79. The molecule has 0 radical (unpaired) electrons. The van der Waals surface area contributed by atoms with E-state index in [1.807, 2.05) is 19.3 Å². The van der Waals surface area contributed by atoms with E-state index in [0.717, 1.165) is 32.0 Å². The molecule has 1 aliphatic heterocycles. The number of nitrogens with two attached hydrogens (primary N) is 1. The van der Waals surface area contributed by atoms with Crippen LogP contribution >= 0.6 is 0 Å². The SMILES string of the molecule is C[C@H](N)CN1CCn2ccnc2C1. The van der Waals surface area contributed by atoms with Gasteiger partial charge < -0.3 is 10.3 Å². The summed E-state index contributed by atoms with van der Waals surface area (Å²) >= 11 is 0. The fraction of sp³-hybridized carbons (Fsp3) is 0.667. The summed E-state index contributed by atoms with van der Waals surface area (Å²) in [7, 11) is 0. The van der Waals surface area contributed by atoms with Crippen molar-refractivity contribution in [3.63, 3.8) is 0 Å². The first-order valence-electron chi connectivity index (χ1n) is 4.73. The maximum absolute atomic E-state index is 5.75. The first kappa shape index (κ1) is 8.72. The zero-order valence-electron chi connectivity index (χ0n) is 7.98. The van der Waals surface area contributed by atoms with Gasteiger partial charge in [0.25, 0.3) is 0 Å². The zero-order valence-corrected chi connectivity index (χ0v) is 7.98. The highest BCUT2D eigenvalue weighted by Crippen LogP contribution is 2.09. The number of fused-ring (bicyclic) bond motifs is 1. The minimum atomic E-state index is 0.251. The maximum atomic E-state index is 5.75. The van der Waals surface area contributed by atoms with Crippen molar-refractivity contribution in [2.75, 3.05) is 13.1 Å². The lowest BCUT2D eigenvalue weighted by Gasteiger charge is -2.28. The molecule has 0 unspecified atom stereocenters. The Bertz CT molecular complexity index is 279. The number of imidazole rings is 1. The van der Waals surface area contributed by atoms with E-state index < -0.39 is 0 Å². The minimum absolute atomic E-state index is 0.251. The van der Waals surface area contributed by atoms with Crippen LogP contribution in [-0.4, -0.2) is 33.6 Å². The van der Waals surface area contributed by atoms with Gasteiger partial charge in [-0.25, -0.2) is 4.98 Å². The Morgan fingerprint density at radius 3 is 3.23 bits per heavy atom. The summed E-state index contributed by atoms with van der Waals surface area (Å²) in [5, 5.41) is 0. The molecule has 2 N–H and O–H groups in total. The third-order valence-corrected chi connectivity index (χ3v) is 2.37. The fourth-order valence-corrected chi connectivity index (χ4v) is 1.79. The van der Waals surface area contributed by atoms with Crippen LogP contribution in [0.2, 0.25) is 0 Å². The van der Waals surface area contributed by atoms with Crippen LogP contribution in [0.15, 0.2) is 12.4 Å². The van der Waals surface area contributed by atoms with Crippen molar-refractivity contribution in [1.29, 1.82) is 0 Å². The molecule has 0 spiro atoms. The van der Waals surface area contributed by atoms with Crippen LogP contribution in [-0.2, 0) is 13.1 Å². The average Bonchev–Trinajstić information content (AvgIpc) is 2.49. The van der Waals surface area contributed by atoms with E-state index in [4.69, 9.17) is 5.73 Å². The van der Waals surface area contributed by atoms with E-state index in [2.05, 4.69) is 14.5 Å². The number of nitrogens with zero attached hydrogens (tertiary/aromatic N) is 3. The van der Waals surface area contributed by atoms with E-state index in [9.17, 15) is 0 Å². The quantitative estimate of drug-likeness (QED) is 0.699. The lowest BCUT2D eigenvalue weighted by atomic mass is 10.3. The van der Waals surface area contributed by atoms with Crippen molar-refractivity contribution >= 4 is 0 Å². The Hall–Kier alpha value is -0.870. The molecule has 2 heterocycles. The smallest absolute Gasteiger partial charge is 0.122 e. The third kappa shape index (κ3) is 1.89. The molecule has 0 aromatic carbocycles. The highest BCUT2D eigenvalue weighted by molar-refractivity contribution is 4.95. The van der Waals surface area contributed by atoms with Crippen molar-refractivity contribution < 1.29 is 0 Å². The minimum Gasteiger partial charge on any atom is -0.333 e. The first-order chi connectivity index (χ1) is 6.25. The predicted octanol–water partition coefficient (Wildman–Crippen LogP) is 0.0459. The predicted molar refractivity (Wildman–Crippen MR) is 51.2 cm³/mol. The number of aromatic nitrogens is 2. The largest absolute Gasteiger partial charge is 0.333 e. The van der Waals surface area contributed by atoms with Gasteiger partial charge in [0.2, 0.25) is 0 Å². The molecular formula is C9H16N4. The van der Waals surface area contributed by atoms with Gasteiger partial charge in [-0.3, -0.25) is 4.90 Å². The summed E-state index contributed by atoms with van der Waals surface area (Å²) in [4.78, 5) is 6.65. The van der Waals surface area contributed by atoms with E-state index in [0.29, 0.717) is 0 Å². The van der Waals surface area contributed by atoms with Gasteiger partial charge >= 0.3 is 0 Å². The molecule has 0 amide bonds. The van der Waals surface area contributed by atoms with Crippen molar-refractivity contribution in [2.24, 2.45) is 5.73 Å². The molecule has 2 rings (SSSR count). The molecule has 0 saturated heterocycles. The molecule has 0 bridgehead atoms. The summed E-state index contributed by atoms with van der Waals surface area (Å²) in [5.41, 5.74) is 5.75. The Kier molecular flexibility index (Phi) is 2.33. The Labute approximate surface area is 78.4 Å². The highest BCUT2D eigenvalue weighted by Gasteiger charge is 2.16. The van der Waals surface area contributed by atoms with Gasteiger partial charge in [0.05, 0.1) is 6.54 Å². The third-order valence-electron chi connectivity index (χ3n) is 2.37. The molecule has 1 atom stereocenters. The molecule has 1 aromatic rings. The first-order valence-corrected chi connectivity index (χ1v) is 4.73. The van der Waals surface area contributed by atoms with Crippen LogP contribution in [0.1, 0.15) is 12.7 Å². The maximum Gasteiger partial charge on any atom is 0.122 e. The van der Waals surface area contributed by atoms with E-state index in [-0.39, 0.29) is 6.04 Å². The van der Waals surface area contributed by atoms with Crippen molar-refractivity contribution in [3.8, 4) is 0 Å². The van der Waals surface area contributed by atoms with E-state index in [1.54, 1.807) is 0 Å². The van der Waals surface area contributed by atoms with Gasteiger partial charge in [-0.15, -0.1) is 0 Å². The van der Waals surface area contributed by atoms with Gasteiger partial charge in [-0.2, -0.15) is 0 Å². The number of rotatable bonds is 2. The van der Waals surface area contributed by atoms with Crippen LogP contribution in [0, 0.1) is 0 Å². The van der Waals surface area contributed by atoms with Gasteiger partial charge in [-0.05, 0) is 6.92 Å². The molecule has 4 heteroatoms. The summed E-state index contributed by atoms with van der Waals surface area (Å²) in [5.74, 6) is 1.16. The molecule has 72 valence electrons. The lowest BCUT2D eigenvalue weighted by molar-refractivity contribution is 0.208. The summed E-state index contributed by atoms with van der Waals surface area (Å²) < 4.78 is 2.21. The topological polar surface area (TPSA) is 47.1 Å².